The average molecular weight is 626 g/mol. The molecule has 0 atom stereocenters. The van der Waals surface area contributed by atoms with E-state index in [1.807, 2.05) is 6.07 Å². The molecule has 3 aromatic rings. The van der Waals surface area contributed by atoms with E-state index < -0.39 is 23.5 Å². The van der Waals surface area contributed by atoms with Crippen LogP contribution >= 0.6 is 0 Å². The molecule has 240 valence electrons. The van der Waals surface area contributed by atoms with Gasteiger partial charge in [0.25, 0.3) is 0 Å². The van der Waals surface area contributed by atoms with E-state index in [4.69, 9.17) is 19.7 Å². The molecule has 3 aromatic carbocycles. The van der Waals surface area contributed by atoms with Crippen molar-refractivity contribution in [3.05, 3.63) is 113 Å². The second-order valence-corrected chi connectivity index (χ2v) is 10.3. The molecule has 1 fully saturated rings. The molecule has 0 saturated carbocycles. The normalized spacial score (nSPS) is 14.0. The maximum absolute atomic E-state index is 13.6. The number of carbonyl (C=O) groups excluding carboxylic acids is 1. The molecule has 0 aliphatic carbocycles. The van der Waals surface area contributed by atoms with Gasteiger partial charge in [0.2, 0.25) is 0 Å². The van der Waals surface area contributed by atoms with Crippen molar-refractivity contribution in [2.75, 3.05) is 32.8 Å². The Morgan fingerprint density at radius 2 is 1.38 bits per heavy atom. The van der Waals surface area contributed by atoms with Crippen molar-refractivity contribution >= 4 is 17.9 Å². The monoisotopic (exact) mass is 625 g/mol. The molecule has 0 bridgehead atoms. The summed E-state index contributed by atoms with van der Waals surface area (Å²) >= 11 is 0. The summed E-state index contributed by atoms with van der Waals surface area (Å²) in [6.07, 6.45) is 3.36. The maximum atomic E-state index is 13.6. The number of likely N-dealkylation sites (tertiary alicyclic amines) is 1. The highest BCUT2D eigenvalue weighted by molar-refractivity contribution is 5.92. The number of aliphatic hydroxyl groups is 1. The first-order valence-corrected chi connectivity index (χ1v) is 14.5. The molecule has 0 radical (unpaired) electrons. The zero-order chi connectivity index (χ0) is 32.8. The Labute approximate surface area is 260 Å². The summed E-state index contributed by atoms with van der Waals surface area (Å²) in [7, 11) is 0. The van der Waals surface area contributed by atoms with Crippen molar-refractivity contribution in [1.82, 2.24) is 4.90 Å². The molecule has 0 aromatic heterocycles. The zero-order valence-electron chi connectivity index (χ0n) is 24.9. The number of nitrogens with zero attached hydrogens (tertiary/aromatic N) is 1. The number of carboxylic acids is 2. The van der Waals surface area contributed by atoms with Gasteiger partial charge in [-0.3, -0.25) is 0 Å². The van der Waals surface area contributed by atoms with Crippen molar-refractivity contribution < 1.29 is 48.0 Å². The second-order valence-electron chi connectivity index (χ2n) is 10.3. The van der Waals surface area contributed by atoms with Crippen molar-refractivity contribution in [2.45, 2.75) is 31.8 Å². The van der Waals surface area contributed by atoms with Crippen LogP contribution in [0.1, 0.15) is 47.7 Å². The fraction of sp³-hybridized carbons (Fsp3) is 0.324. The Morgan fingerprint density at radius 1 is 0.867 bits per heavy atom. The molecule has 1 aliphatic rings. The topological polar surface area (TPSA) is 134 Å². The first kappa shape index (κ1) is 34.9. The third-order valence-corrected chi connectivity index (χ3v) is 7.37. The minimum absolute atomic E-state index is 0.104. The van der Waals surface area contributed by atoms with E-state index in [0.717, 1.165) is 38.9 Å². The molecule has 0 unspecified atom stereocenters. The Bertz CT molecular complexity index is 1370. The summed E-state index contributed by atoms with van der Waals surface area (Å²) in [5.74, 6) is -3.23. The van der Waals surface area contributed by atoms with Gasteiger partial charge in [0.05, 0.1) is 13.2 Å². The van der Waals surface area contributed by atoms with Crippen LogP contribution in [0.5, 0.6) is 5.75 Å². The maximum Gasteiger partial charge on any atom is 0.341 e. The zero-order valence-corrected chi connectivity index (χ0v) is 24.9. The van der Waals surface area contributed by atoms with E-state index in [-0.39, 0.29) is 17.6 Å². The number of hydrogen-bond acceptors (Lipinski definition) is 7. The van der Waals surface area contributed by atoms with Gasteiger partial charge in [-0.15, -0.1) is 0 Å². The lowest BCUT2D eigenvalue weighted by molar-refractivity contribution is -0.134. The van der Waals surface area contributed by atoms with Gasteiger partial charge in [0, 0.05) is 18.7 Å². The minimum atomic E-state index is -1.34. The van der Waals surface area contributed by atoms with Crippen molar-refractivity contribution in [3.8, 4) is 5.75 Å². The predicted octanol–water partition coefficient (Wildman–Crippen LogP) is 5.27. The summed E-state index contributed by atoms with van der Waals surface area (Å²) < 4.78 is 38.2. The Balaban J connectivity index is 0.000000610. The fourth-order valence-electron chi connectivity index (χ4n) is 5.20. The summed E-state index contributed by atoms with van der Waals surface area (Å²) in [5.41, 5.74) is 0.291. The molecule has 1 aliphatic heterocycles. The van der Waals surface area contributed by atoms with Crippen molar-refractivity contribution in [1.29, 1.82) is 0 Å². The molecule has 4 rings (SSSR count). The van der Waals surface area contributed by atoms with E-state index in [0.29, 0.717) is 47.8 Å². The number of para-hydroxylation sites is 1. The van der Waals surface area contributed by atoms with Crippen LogP contribution in [0, 0.1) is 17.6 Å². The number of carboxylic acid groups (broad SMARTS) is 2. The Morgan fingerprint density at radius 3 is 1.87 bits per heavy atom. The van der Waals surface area contributed by atoms with Crippen LogP contribution in [0.3, 0.4) is 0 Å². The molecule has 45 heavy (non-hydrogen) atoms. The van der Waals surface area contributed by atoms with Gasteiger partial charge >= 0.3 is 17.9 Å². The minimum Gasteiger partial charge on any atom is -0.493 e. The number of rotatable bonds is 12. The first-order chi connectivity index (χ1) is 21.5. The van der Waals surface area contributed by atoms with E-state index in [1.54, 1.807) is 49.4 Å². The fourth-order valence-corrected chi connectivity index (χ4v) is 5.20. The summed E-state index contributed by atoms with van der Waals surface area (Å²) in [6, 6.07) is 18.9. The first-order valence-electron chi connectivity index (χ1n) is 14.5. The van der Waals surface area contributed by atoms with Gasteiger partial charge in [0.15, 0.2) is 0 Å². The molecule has 1 saturated heterocycles. The summed E-state index contributed by atoms with van der Waals surface area (Å²) in [6.45, 7) is 4.93. The highest BCUT2D eigenvalue weighted by Gasteiger charge is 2.41. The number of esters is 1. The summed E-state index contributed by atoms with van der Waals surface area (Å²) in [4.78, 5) is 33.6. The largest absolute Gasteiger partial charge is 0.493 e. The van der Waals surface area contributed by atoms with Gasteiger partial charge in [-0.05, 0) is 92.7 Å². The molecular weight excluding hydrogens is 588 g/mol. The van der Waals surface area contributed by atoms with Crippen LogP contribution in [0.2, 0.25) is 0 Å². The Kier molecular flexibility index (Phi) is 13.2. The third kappa shape index (κ3) is 10.2. The smallest absolute Gasteiger partial charge is 0.341 e. The number of aliphatic carboxylic acids is 2. The summed E-state index contributed by atoms with van der Waals surface area (Å²) in [5, 5.41) is 27.6. The average Bonchev–Trinajstić information content (AvgIpc) is 3.03. The van der Waals surface area contributed by atoms with Crippen LogP contribution in [-0.2, 0) is 19.9 Å². The van der Waals surface area contributed by atoms with Crippen LogP contribution in [0.4, 0.5) is 8.78 Å². The van der Waals surface area contributed by atoms with E-state index in [9.17, 15) is 28.3 Å². The number of halogens is 2. The standard InChI is InChI=1S/C30H33F2NO4.C4H4O4/c1-2-36-29(34)27-6-3-4-7-28(27)37-21-5-18-33-19-16-24(17-20-33)30(35,22-8-12-25(31)13-9-22)23-10-14-26(32)15-11-23;5-3(6)1-2-4(7)8/h3-4,6-15,24,35H,2,5,16-21H2,1H3;1-2H,(H,5,6)(H,7,8)/b;2-1+. The highest BCUT2D eigenvalue weighted by atomic mass is 19.1. The molecular formula is C34H37F2NO8. The van der Waals surface area contributed by atoms with Crippen molar-refractivity contribution in [3.63, 3.8) is 0 Å². The second kappa shape index (κ2) is 17.0. The number of carbonyl (C=O) groups is 3. The molecule has 11 heteroatoms. The van der Waals surface area contributed by atoms with Crippen LogP contribution in [0.25, 0.3) is 0 Å². The van der Waals surface area contributed by atoms with Gasteiger partial charge in [0.1, 0.15) is 28.5 Å². The van der Waals surface area contributed by atoms with Gasteiger partial charge in [-0.2, -0.15) is 0 Å². The van der Waals surface area contributed by atoms with Crippen LogP contribution in [0.15, 0.2) is 84.9 Å². The van der Waals surface area contributed by atoms with Gasteiger partial charge in [-0.1, -0.05) is 36.4 Å². The quantitative estimate of drug-likeness (QED) is 0.140. The third-order valence-electron chi connectivity index (χ3n) is 7.37. The lowest BCUT2D eigenvalue weighted by Gasteiger charge is -2.42. The van der Waals surface area contributed by atoms with E-state index >= 15 is 0 Å². The lowest BCUT2D eigenvalue weighted by atomic mass is 9.72. The molecule has 0 spiro atoms. The molecule has 0 amide bonds. The number of ether oxygens (including phenoxy) is 2. The van der Waals surface area contributed by atoms with Gasteiger partial charge < -0.3 is 29.7 Å². The molecule has 1 heterocycles. The number of piperidine rings is 1. The lowest BCUT2D eigenvalue weighted by Crippen LogP contribution is -2.44. The van der Waals surface area contributed by atoms with Gasteiger partial charge in [-0.25, -0.2) is 23.2 Å². The van der Waals surface area contributed by atoms with Crippen molar-refractivity contribution in [2.24, 2.45) is 5.92 Å². The molecule has 9 nitrogen and oxygen atoms in total. The predicted molar refractivity (Wildman–Crippen MR) is 162 cm³/mol. The van der Waals surface area contributed by atoms with Crippen LogP contribution < -0.4 is 4.74 Å². The number of hydrogen-bond donors (Lipinski definition) is 3. The number of benzene rings is 3. The van der Waals surface area contributed by atoms with E-state index in [2.05, 4.69) is 4.90 Å². The van der Waals surface area contributed by atoms with Crippen LogP contribution in [-0.4, -0.2) is 71.0 Å². The highest BCUT2D eigenvalue weighted by Crippen LogP contribution is 2.42. The molecule has 3 N–H and O–H groups in total. The Hall–Kier alpha value is -4.61. The SMILES string of the molecule is CCOC(=O)c1ccccc1OCCCN1CCC(C(O)(c2ccc(F)cc2)c2ccc(F)cc2)CC1.O=C(O)/C=C/C(=O)O. The van der Waals surface area contributed by atoms with E-state index in [1.165, 1.54) is 24.3 Å².